The highest BCUT2D eigenvalue weighted by Gasteiger charge is 2.61. The molecule has 0 N–H and O–H groups in total. The molecule has 0 spiro atoms. The van der Waals surface area contributed by atoms with E-state index in [1.807, 2.05) is 0 Å². The number of carbonyl (C=O) groups is 1. The Morgan fingerprint density at radius 3 is 2.41 bits per heavy atom. The summed E-state index contributed by atoms with van der Waals surface area (Å²) in [6.45, 7) is 11.3. The average molecular weight is 306 g/mol. The maximum absolute atomic E-state index is 11.6. The lowest BCUT2D eigenvalue weighted by atomic mass is 9.45. The van der Waals surface area contributed by atoms with Crippen LogP contribution in [0.15, 0.2) is 0 Å². The summed E-state index contributed by atoms with van der Waals surface area (Å²) in [5.41, 5.74) is 0.784. The summed E-state index contributed by atoms with van der Waals surface area (Å²) in [6.07, 6.45) is 10.4. The Bertz CT molecular complexity index is 459. The lowest BCUT2D eigenvalue weighted by Gasteiger charge is -2.60. The number of esters is 1. The molecule has 2 heteroatoms. The van der Waals surface area contributed by atoms with Crippen LogP contribution in [-0.2, 0) is 9.53 Å². The summed E-state index contributed by atoms with van der Waals surface area (Å²) in [5.74, 6) is 2.09. The van der Waals surface area contributed by atoms with Crippen molar-refractivity contribution in [1.82, 2.24) is 0 Å². The molecule has 0 heterocycles. The third-order valence-corrected chi connectivity index (χ3v) is 8.12. The quantitative estimate of drug-likeness (QED) is 0.643. The fraction of sp³-hybridized carbons (Fsp3) is 0.950. The van der Waals surface area contributed by atoms with Crippen molar-refractivity contribution in [2.45, 2.75) is 91.6 Å². The zero-order valence-electron chi connectivity index (χ0n) is 15.2. The summed E-state index contributed by atoms with van der Waals surface area (Å²) in [7, 11) is 0. The SMILES string of the molecule is CC[C@]1(C)CCC[C@]2(C)[C@H]3CC[C@@](C)(OC(C)=O)[C@@H]3CC[C@@H]12. The summed E-state index contributed by atoms with van der Waals surface area (Å²) in [4.78, 5) is 11.6. The van der Waals surface area contributed by atoms with Crippen molar-refractivity contribution in [1.29, 1.82) is 0 Å². The maximum Gasteiger partial charge on any atom is 0.303 e. The molecule has 6 atom stereocenters. The molecular formula is C20H34O2. The molecule has 0 aromatic heterocycles. The highest BCUT2D eigenvalue weighted by atomic mass is 16.6. The summed E-state index contributed by atoms with van der Waals surface area (Å²) in [6, 6.07) is 0. The zero-order valence-corrected chi connectivity index (χ0v) is 15.2. The normalized spacial score (nSPS) is 51.0. The Morgan fingerprint density at radius 1 is 1.05 bits per heavy atom. The first-order valence-electron chi connectivity index (χ1n) is 9.45. The van der Waals surface area contributed by atoms with Crippen LogP contribution in [0.5, 0.6) is 0 Å². The van der Waals surface area contributed by atoms with E-state index in [-0.39, 0.29) is 11.6 Å². The van der Waals surface area contributed by atoms with Gasteiger partial charge in [0.25, 0.3) is 0 Å². The van der Waals surface area contributed by atoms with Crippen LogP contribution in [0, 0.1) is 28.6 Å². The number of carbonyl (C=O) groups excluding carboxylic acids is 1. The fourth-order valence-electron chi connectivity index (χ4n) is 6.91. The predicted molar refractivity (Wildman–Crippen MR) is 89.5 cm³/mol. The molecule has 0 aromatic carbocycles. The molecule has 0 bridgehead atoms. The van der Waals surface area contributed by atoms with Crippen molar-refractivity contribution in [2.75, 3.05) is 0 Å². The minimum Gasteiger partial charge on any atom is -0.459 e. The van der Waals surface area contributed by atoms with Crippen molar-refractivity contribution in [3.8, 4) is 0 Å². The fourth-order valence-corrected chi connectivity index (χ4v) is 6.91. The first-order valence-corrected chi connectivity index (χ1v) is 9.45. The molecule has 3 rings (SSSR count). The Balaban J connectivity index is 1.89. The Kier molecular flexibility index (Phi) is 3.89. The zero-order chi connectivity index (χ0) is 16.2. The van der Waals surface area contributed by atoms with Crippen LogP contribution in [0.2, 0.25) is 0 Å². The van der Waals surface area contributed by atoms with Gasteiger partial charge in [-0.15, -0.1) is 0 Å². The van der Waals surface area contributed by atoms with Gasteiger partial charge in [0.2, 0.25) is 0 Å². The van der Waals surface area contributed by atoms with E-state index in [1.54, 1.807) is 6.92 Å². The molecule has 22 heavy (non-hydrogen) atoms. The van der Waals surface area contributed by atoms with Crippen molar-refractivity contribution >= 4 is 5.97 Å². The van der Waals surface area contributed by atoms with E-state index in [0.717, 1.165) is 18.3 Å². The molecule has 0 unspecified atom stereocenters. The Labute approximate surface area is 136 Å². The topological polar surface area (TPSA) is 26.3 Å². The summed E-state index contributed by atoms with van der Waals surface area (Å²) < 4.78 is 5.83. The van der Waals surface area contributed by atoms with Crippen molar-refractivity contribution in [2.24, 2.45) is 28.6 Å². The number of hydrogen-bond donors (Lipinski definition) is 0. The maximum atomic E-state index is 11.6. The molecule has 3 fully saturated rings. The second kappa shape index (κ2) is 5.24. The minimum atomic E-state index is -0.204. The highest BCUT2D eigenvalue weighted by molar-refractivity contribution is 5.66. The molecule has 0 radical (unpaired) electrons. The van der Waals surface area contributed by atoms with Gasteiger partial charge in [-0.3, -0.25) is 4.79 Å². The van der Waals surface area contributed by atoms with Crippen LogP contribution in [0.1, 0.15) is 86.0 Å². The molecule has 0 saturated heterocycles. The van der Waals surface area contributed by atoms with Gasteiger partial charge in [0.1, 0.15) is 5.60 Å². The van der Waals surface area contributed by atoms with Gasteiger partial charge in [-0.2, -0.15) is 0 Å². The second-order valence-corrected chi connectivity index (χ2v) is 9.15. The van der Waals surface area contributed by atoms with E-state index >= 15 is 0 Å². The average Bonchev–Trinajstić information content (AvgIpc) is 2.76. The van der Waals surface area contributed by atoms with Gasteiger partial charge in [0, 0.05) is 12.8 Å². The number of rotatable bonds is 2. The predicted octanol–water partition coefficient (Wildman–Crippen LogP) is 5.35. The van der Waals surface area contributed by atoms with Crippen LogP contribution in [0.4, 0.5) is 0 Å². The second-order valence-electron chi connectivity index (χ2n) is 9.15. The van der Waals surface area contributed by atoms with Crippen LogP contribution < -0.4 is 0 Å². The van der Waals surface area contributed by atoms with Gasteiger partial charge in [-0.25, -0.2) is 0 Å². The smallest absolute Gasteiger partial charge is 0.303 e. The molecule has 2 nitrogen and oxygen atoms in total. The molecule has 0 aliphatic heterocycles. The van der Waals surface area contributed by atoms with Crippen LogP contribution in [0.25, 0.3) is 0 Å². The van der Waals surface area contributed by atoms with Gasteiger partial charge < -0.3 is 4.74 Å². The summed E-state index contributed by atoms with van der Waals surface area (Å²) in [5, 5.41) is 0. The molecule has 0 amide bonds. The van der Waals surface area contributed by atoms with Gasteiger partial charge in [-0.1, -0.05) is 33.6 Å². The van der Waals surface area contributed by atoms with E-state index < -0.39 is 0 Å². The largest absolute Gasteiger partial charge is 0.459 e. The Hall–Kier alpha value is -0.530. The van der Waals surface area contributed by atoms with Crippen LogP contribution in [-0.4, -0.2) is 11.6 Å². The third kappa shape index (κ3) is 2.24. The van der Waals surface area contributed by atoms with Crippen molar-refractivity contribution < 1.29 is 9.53 Å². The third-order valence-electron chi connectivity index (χ3n) is 8.12. The lowest BCUT2D eigenvalue weighted by Crippen LogP contribution is -2.53. The van der Waals surface area contributed by atoms with E-state index in [9.17, 15) is 4.79 Å². The first-order chi connectivity index (χ1) is 10.3. The number of hydrogen-bond acceptors (Lipinski definition) is 2. The monoisotopic (exact) mass is 306 g/mol. The van der Waals surface area contributed by atoms with E-state index in [0.29, 0.717) is 16.7 Å². The van der Waals surface area contributed by atoms with E-state index in [1.165, 1.54) is 44.9 Å². The minimum absolute atomic E-state index is 0.0996. The Morgan fingerprint density at radius 2 is 1.77 bits per heavy atom. The summed E-state index contributed by atoms with van der Waals surface area (Å²) >= 11 is 0. The highest BCUT2D eigenvalue weighted by Crippen LogP contribution is 2.67. The lowest BCUT2D eigenvalue weighted by molar-refractivity contribution is -0.169. The molecule has 3 aliphatic carbocycles. The first kappa shape index (κ1) is 16.3. The molecule has 3 saturated carbocycles. The van der Waals surface area contributed by atoms with Crippen LogP contribution in [0.3, 0.4) is 0 Å². The van der Waals surface area contributed by atoms with Gasteiger partial charge in [-0.05, 0) is 68.1 Å². The molecule has 126 valence electrons. The molecular weight excluding hydrogens is 272 g/mol. The number of ether oxygens (including phenoxy) is 1. The standard InChI is InChI=1S/C20H34O2/c1-6-18(3)11-7-12-19(4)15-10-13-20(5,22-14(2)21)16(15)8-9-17(18)19/h15-17H,6-13H2,1-5H3/t15-,16+,17-,18+,19+,20+/m0/s1. The van der Waals surface area contributed by atoms with Gasteiger partial charge in [0.05, 0.1) is 0 Å². The van der Waals surface area contributed by atoms with Gasteiger partial charge in [0.15, 0.2) is 0 Å². The van der Waals surface area contributed by atoms with Crippen LogP contribution >= 0.6 is 0 Å². The van der Waals surface area contributed by atoms with E-state index in [2.05, 4.69) is 27.7 Å². The number of fused-ring (bicyclic) bond motifs is 3. The van der Waals surface area contributed by atoms with Gasteiger partial charge >= 0.3 is 5.97 Å². The van der Waals surface area contributed by atoms with E-state index in [4.69, 9.17) is 4.74 Å². The molecule has 0 aromatic rings. The van der Waals surface area contributed by atoms with Crippen molar-refractivity contribution in [3.63, 3.8) is 0 Å². The molecule has 3 aliphatic rings. The van der Waals surface area contributed by atoms with Crippen molar-refractivity contribution in [3.05, 3.63) is 0 Å².